The molecule has 0 radical (unpaired) electrons. The van der Waals surface area contributed by atoms with Gasteiger partial charge < -0.3 is 24.3 Å². The molecule has 0 spiro atoms. The number of methoxy groups -OCH3 is 2. The SMILES string of the molecule is CCOC(=O)CC(NC(=O)c1ccc(C(=O)OC(C)(C)C)cc1)c1ccc(OC)c(OC)c1. The Labute approximate surface area is 194 Å². The second kappa shape index (κ2) is 11.4. The Balaban J connectivity index is 2.24. The number of benzene rings is 2. The largest absolute Gasteiger partial charge is 0.493 e. The number of ether oxygens (including phenoxy) is 4. The minimum Gasteiger partial charge on any atom is -0.493 e. The molecule has 1 atom stereocenters. The highest BCUT2D eigenvalue weighted by Gasteiger charge is 2.22. The molecule has 0 heterocycles. The van der Waals surface area contributed by atoms with Gasteiger partial charge in [0.05, 0.1) is 38.9 Å². The summed E-state index contributed by atoms with van der Waals surface area (Å²) in [5, 5.41) is 2.86. The van der Waals surface area contributed by atoms with Crippen molar-refractivity contribution >= 4 is 17.8 Å². The van der Waals surface area contributed by atoms with Crippen molar-refractivity contribution in [2.75, 3.05) is 20.8 Å². The predicted molar refractivity (Wildman–Crippen MR) is 123 cm³/mol. The Morgan fingerprint density at radius 3 is 2.06 bits per heavy atom. The normalized spacial score (nSPS) is 11.8. The molecule has 1 amide bonds. The molecule has 0 aromatic heterocycles. The third-order valence-corrected chi connectivity index (χ3v) is 4.57. The van der Waals surface area contributed by atoms with E-state index in [1.54, 1.807) is 45.9 Å². The molecule has 1 N–H and O–H groups in total. The second-order valence-electron chi connectivity index (χ2n) is 8.23. The van der Waals surface area contributed by atoms with Gasteiger partial charge in [0, 0.05) is 5.56 Å². The molecule has 0 fully saturated rings. The van der Waals surface area contributed by atoms with Crippen molar-refractivity contribution in [3.05, 3.63) is 59.2 Å². The van der Waals surface area contributed by atoms with Gasteiger partial charge in [-0.1, -0.05) is 6.07 Å². The lowest BCUT2D eigenvalue weighted by molar-refractivity contribution is -0.143. The van der Waals surface area contributed by atoms with Crippen LogP contribution in [0.1, 0.15) is 66.4 Å². The summed E-state index contributed by atoms with van der Waals surface area (Å²) in [5.41, 5.74) is 0.702. The van der Waals surface area contributed by atoms with Crippen molar-refractivity contribution in [2.45, 2.75) is 45.8 Å². The molecule has 0 aliphatic heterocycles. The van der Waals surface area contributed by atoms with Crippen LogP contribution in [0.2, 0.25) is 0 Å². The number of nitrogens with one attached hydrogen (secondary N) is 1. The van der Waals surface area contributed by atoms with Crippen LogP contribution in [0.5, 0.6) is 11.5 Å². The molecule has 2 aromatic rings. The van der Waals surface area contributed by atoms with Gasteiger partial charge in [-0.25, -0.2) is 4.79 Å². The third-order valence-electron chi connectivity index (χ3n) is 4.57. The van der Waals surface area contributed by atoms with Crippen molar-refractivity contribution in [2.24, 2.45) is 0 Å². The van der Waals surface area contributed by atoms with Crippen LogP contribution in [-0.4, -0.2) is 44.3 Å². The summed E-state index contributed by atoms with van der Waals surface area (Å²) in [7, 11) is 3.03. The van der Waals surface area contributed by atoms with Crippen LogP contribution in [0, 0.1) is 0 Å². The first-order chi connectivity index (χ1) is 15.6. The zero-order valence-electron chi connectivity index (χ0n) is 19.9. The zero-order valence-corrected chi connectivity index (χ0v) is 19.9. The summed E-state index contributed by atoms with van der Waals surface area (Å²) in [5.74, 6) is -0.326. The molecule has 1 unspecified atom stereocenters. The maximum atomic E-state index is 12.9. The van der Waals surface area contributed by atoms with Crippen molar-refractivity contribution in [3.8, 4) is 11.5 Å². The number of carbonyl (C=O) groups is 3. The molecule has 8 nitrogen and oxygen atoms in total. The number of amides is 1. The average Bonchev–Trinajstić information content (AvgIpc) is 2.77. The number of hydrogen-bond acceptors (Lipinski definition) is 7. The van der Waals surface area contributed by atoms with Gasteiger partial charge in [0.15, 0.2) is 11.5 Å². The van der Waals surface area contributed by atoms with E-state index in [0.717, 1.165) is 0 Å². The fraction of sp³-hybridized carbons (Fsp3) is 0.400. The summed E-state index contributed by atoms with van der Waals surface area (Å²) < 4.78 is 21.0. The standard InChI is InChI=1S/C25H31NO7/c1-7-32-22(27)15-19(18-12-13-20(30-5)21(14-18)31-6)26-23(28)16-8-10-17(11-9-16)24(29)33-25(2,3)4/h8-14,19H,7,15H2,1-6H3,(H,26,28). The smallest absolute Gasteiger partial charge is 0.338 e. The Kier molecular flexibility index (Phi) is 8.85. The zero-order chi connectivity index (χ0) is 24.6. The second-order valence-corrected chi connectivity index (χ2v) is 8.23. The van der Waals surface area contributed by atoms with Crippen molar-refractivity contribution in [3.63, 3.8) is 0 Å². The highest BCUT2D eigenvalue weighted by atomic mass is 16.6. The highest BCUT2D eigenvalue weighted by molar-refractivity contribution is 5.96. The van der Waals surface area contributed by atoms with E-state index in [1.165, 1.54) is 38.5 Å². The topological polar surface area (TPSA) is 100 Å². The summed E-state index contributed by atoms with van der Waals surface area (Å²) in [4.78, 5) is 37.3. The summed E-state index contributed by atoms with van der Waals surface area (Å²) >= 11 is 0. The van der Waals surface area contributed by atoms with E-state index in [4.69, 9.17) is 18.9 Å². The van der Waals surface area contributed by atoms with E-state index < -0.39 is 29.5 Å². The maximum absolute atomic E-state index is 12.9. The van der Waals surface area contributed by atoms with Crippen LogP contribution in [0.3, 0.4) is 0 Å². The van der Waals surface area contributed by atoms with Gasteiger partial charge in [-0.05, 0) is 69.7 Å². The number of rotatable bonds is 9. The fourth-order valence-corrected chi connectivity index (χ4v) is 3.04. The Bertz CT molecular complexity index is 977. The lowest BCUT2D eigenvalue weighted by Gasteiger charge is -2.20. The van der Waals surface area contributed by atoms with E-state index in [0.29, 0.717) is 28.2 Å². The van der Waals surface area contributed by atoms with Gasteiger partial charge in [0.2, 0.25) is 0 Å². The Morgan fingerprint density at radius 2 is 1.52 bits per heavy atom. The molecule has 178 valence electrons. The molecule has 0 bridgehead atoms. The molecule has 0 aliphatic carbocycles. The first-order valence-electron chi connectivity index (χ1n) is 10.6. The molecule has 0 saturated heterocycles. The minimum atomic E-state index is -0.665. The summed E-state index contributed by atoms with van der Waals surface area (Å²) in [6, 6.07) is 10.6. The molecular weight excluding hydrogens is 426 g/mol. The van der Waals surface area contributed by atoms with E-state index in [9.17, 15) is 14.4 Å². The van der Waals surface area contributed by atoms with Crippen molar-refractivity contribution in [1.82, 2.24) is 5.32 Å². The van der Waals surface area contributed by atoms with Gasteiger partial charge in [-0.15, -0.1) is 0 Å². The van der Waals surface area contributed by atoms with Crippen LogP contribution in [-0.2, 0) is 14.3 Å². The lowest BCUT2D eigenvalue weighted by atomic mass is 10.0. The van der Waals surface area contributed by atoms with Crippen LogP contribution in [0.25, 0.3) is 0 Å². The number of esters is 2. The fourth-order valence-electron chi connectivity index (χ4n) is 3.04. The molecule has 8 heteroatoms. The highest BCUT2D eigenvalue weighted by Crippen LogP contribution is 2.31. The molecular formula is C25H31NO7. The van der Waals surface area contributed by atoms with Gasteiger partial charge >= 0.3 is 11.9 Å². The van der Waals surface area contributed by atoms with Crippen molar-refractivity contribution in [1.29, 1.82) is 0 Å². The molecule has 2 aromatic carbocycles. The number of carbonyl (C=O) groups excluding carboxylic acids is 3. The van der Waals surface area contributed by atoms with Crippen LogP contribution in [0.4, 0.5) is 0 Å². The Hall–Kier alpha value is -3.55. The van der Waals surface area contributed by atoms with Crippen LogP contribution >= 0.6 is 0 Å². The number of hydrogen-bond donors (Lipinski definition) is 1. The maximum Gasteiger partial charge on any atom is 0.338 e. The summed E-state index contributed by atoms with van der Waals surface area (Å²) in [6.45, 7) is 7.30. The monoisotopic (exact) mass is 457 g/mol. The predicted octanol–water partition coefficient (Wildman–Crippen LogP) is 4.08. The van der Waals surface area contributed by atoms with Gasteiger partial charge in [-0.3, -0.25) is 9.59 Å². The van der Waals surface area contributed by atoms with Gasteiger partial charge in [-0.2, -0.15) is 0 Å². The summed E-state index contributed by atoms with van der Waals surface area (Å²) in [6.07, 6.45) is -0.0644. The van der Waals surface area contributed by atoms with E-state index in [2.05, 4.69) is 5.32 Å². The average molecular weight is 458 g/mol. The molecule has 2 rings (SSSR count). The first kappa shape index (κ1) is 25.7. The van der Waals surface area contributed by atoms with Gasteiger partial charge in [0.25, 0.3) is 5.91 Å². The quantitative estimate of drug-likeness (QED) is 0.566. The van der Waals surface area contributed by atoms with Crippen LogP contribution in [0.15, 0.2) is 42.5 Å². The molecule has 0 aliphatic rings. The van der Waals surface area contributed by atoms with Crippen LogP contribution < -0.4 is 14.8 Å². The Morgan fingerprint density at radius 1 is 0.909 bits per heavy atom. The third kappa shape index (κ3) is 7.52. The first-order valence-corrected chi connectivity index (χ1v) is 10.6. The molecule has 0 saturated carbocycles. The van der Waals surface area contributed by atoms with E-state index in [1.807, 2.05) is 0 Å². The lowest BCUT2D eigenvalue weighted by Crippen LogP contribution is -2.30. The van der Waals surface area contributed by atoms with E-state index in [-0.39, 0.29) is 13.0 Å². The van der Waals surface area contributed by atoms with Gasteiger partial charge in [0.1, 0.15) is 5.60 Å². The molecule has 33 heavy (non-hydrogen) atoms. The minimum absolute atomic E-state index is 0.0644. The van der Waals surface area contributed by atoms with Crippen molar-refractivity contribution < 1.29 is 33.3 Å². The van der Waals surface area contributed by atoms with E-state index >= 15 is 0 Å².